The molecule has 0 fully saturated rings. The van der Waals surface area contributed by atoms with Gasteiger partial charge in [0.05, 0.1) is 33.4 Å². The fourth-order valence-corrected chi connectivity index (χ4v) is 5.45. The molecule has 5 rings (SSSR count). The average Bonchev–Trinajstić information content (AvgIpc) is 3.48. The molecule has 11 heteroatoms. The molecule has 0 unspecified atom stereocenters. The standard InChI is InChI=1S/C28H22FN3O6S/c1-4-37-27(34)24-16(3)30-28-31(25(24)17-7-9-19(29)10-8-17)26(33)23(39-28)14-20-11-12-22(38-20)18-6-5-15(2)21(13-18)32(35)36/h5-14,25H,4H2,1-3H3/t25-/m0/s1. The molecule has 0 saturated heterocycles. The van der Waals surface area contributed by atoms with Gasteiger partial charge in [-0.25, -0.2) is 14.2 Å². The Balaban J connectivity index is 1.61. The smallest absolute Gasteiger partial charge is 0.338 e. The van der Waals surface area contributed by atoms with E-state index in [9.17, 15) is 24.1 Å². The van der Waals surface area contributed by atoms with Crippen LogP contribution >= 0.6 is 11.3 Å². The largest absolute Gasteiger partial charge is 0.463 e. The number of benzene rings is 2. The van der Waals surface area contributed by atoms with Crippen LogP contribution in [0.1, 0.15) is 36.8 Å². The number of nitro groups is 1. The predicted molar refractivity (Wildman–Crippen MR) is 142 cm³/mol. The quantitative estimate of drug-likeness (QED) is 0.201. The molecule has 3 heterocycles. The summed E-state index contributed by atoms with van der Waals surface area (Å²) >= 11 is 1.12. The molecule has 0 amide bonds. The van der Waals surface area contributed by atoms with Crippen LogP contribution in [0.25, 0.3) is 17.4 Å². The van der Waals surface area contributed by atoms with Crippen molar-refractivity contribution in [3.8, 4) is 11.3 Å². The van der Waals surface area contributed by atoms with Crippen LogP contribution in [0.15, 0.2) is 80.1 Å². The van der Waals surface area contributed by atoms with Crippen molar-refractivity contribution in [3.05, 3.63) is 118 Å². The van der Waals surface area contributed by atoms with Crippen LogP contribution in [-0.2, 0) is 9.53 Å². The molecule has 1 aliphatic rings. The van der Waals surface area contributed by atoms with E-state index in [0.29, 0.717) is 43.2 Å². The number of hydrogen-bond acceptors (Lipinski definition) is 8. The van der Waals surface area contributed by atoms with Gasteiger partial charge < -0.3 is 9.15 Å². The van der Waals surface area contributed by atoms with Crippen molar-refractivity contribution in [2.75, 3.05) is 6.61 Å². The second-order valence-electron chi connectivity index (χ2n) is 8.81. The number of hydrogen-bond donors (Lipinski definition) is 0. The van der Waals surface area contributed by atoms with Gasteiger partial charge in [0.15, 0.2) is 4.80 Å². The molecule has 2 aromatic carbocycles. The van der Waals surface area contributed by atoms with Crippen molar-refractivity contribution in [3.63, 3.8) is 0 Å². The van der Waals surface area contributed by atoms with Crippen LogP contribution in [0.4, 0.5) is 10.1 Å². The fourth-order valence-electron chi connectivity index (χ4n) is 4.43. The van der Waals surface area contributed by atoms with Crippen LogP contribution < -0.4 is 14.9 Å². The number of thiazole rings is 1. The minimum absolute atomic E-state index is 0.0210. The number of carbonyl (C=O) groups excluding carboxylic acids is 1. The summed E-state index contributed by atoms with van der Waals surface area (Å²) in [6, 6.07) is 12.9. The molecule has 198 valence electrons. The second-order valence-corrected chi connectivity index (χ2v) is 9.82. The van der Waals surface area contributed by atoms with Gasteiger partial charge in [-0.3, -0.25) is 19.5 Å². The summed E-state index contributed by atoms with van der Waals surface area (Å²) in [6.45, 7) is 5.15. The predicted octanol–water partition coefficient (Wildman–Crippen LogP) is 4.41. The average molecular weight is 548 g/mol. The van der Waals surface area contributed by atoms with Crippen LogP contribution in [0.5, 0.6) is 0 Å². The Morgan fingerprint density at radius 2 is 1.95 bits per heavy atom. The topological polar surface area (TPSA) is 117 Å². The molecular weight excluding hydrogens is 525 g/mol. The first-order valence-corrected chi connectivity index (χ1v) is 12.8. The maximum Gasteiger partial charge on any atom is 0.338 e. The number of furan rings is 1. The van der Waals surface area contributed by atoms with Gasteiger partial charge in [-0.15, -0.1) is 0 Å². The highest BCUT2D eigenvalue weighted by atomic mass is 32.1. The summed E-state index contributed by atoms with van der Waals surface area (Å²) in [7, 11) is 0. The minimum Gasteiger partial charge on any atom is -0.463 e. The zero-order chi connectivity index (χ0) is 27.8. The molecule has 4 aromatic rings. The van der Waals surface area contributed by atoms with Crippen LogP contribution in [0.2, 0.25) is 0 Å². The Morgan fingerprint density at radius 3 is 2.64 bits per heavy atom. The number of carbonyl (C=O) groups is 1. The van der Waals surface area contributed by atoms with Crippen molar-refractivity contribution < 1.29 is 23.3 Å². The number of aromatic nitrogens is 1. The number of nitro benzene ring substituents is 1. The summed E-state index contributed by atoms with van der Waals surface area (Å²) < 4.78 is 26.5. The molecule has 9 nitrogen and oxygen atoms in total. The molecule has 1 aliphatic heterocycles. The molecule has 39 heavy (non-hydrogen) atoms. The lowest BCUT2D eigenvalue weighted by atomic mass is 9.96. The molecule has 0 aliphatic carbocycles. The third-order valence-electron chi connectivity index (χ3n) is 6.29. The number of allylic oxidation sites excluding steroid dienone is 1. The van der Waals surface area contributed by atoms with E-state index in [0.717, 1.165) is 11.3 Å². The third kappa shape index (κ3) is 4.84. The van der Waals surface area contributed by atoms with E-state index in [4.69, 9.17) is 9.15 Å². The summed E-state index contributed by atoms with van der Waals surface area (Å²) in [5.74, 6) is -0.290. The molecule has 0 bridgehead atoms. The number of halogens is 1. The van der Waals surface area contributed by atoms with Gasteiger partial charge in [0, 0.05) is 23.3 Å². The molecule has 0 N–H and O–H groups in total. The van der Waals surface area contributed by atoms with E-state index in [1.807, 2.05) is 0 Å². The number of nitrogens with zero attached hydrogens (tertiary/aromatic N) is 3. The van der Waals surface area contributed by atoms with Gasteiger partial charge >= 0.3 is 5.97 Å². The van der Waals surface area contributed by atoms with Crippen LogP contribution in [-0.4, -0.2) is 22.1 Å². The van der Waals surface area contributed by atoms with Gasteiger partial charge in [0.2, 0.25) is 0 Å². The molecule has 0 spiro atoms. The summed E-state index contributed by atoms with van der Waals surface area (Å²) in [5, 5.41) is 11.3. The highest BCUT2D eigenvalue weighted by Crippen LogP contribution is 2.31. The number of ether oxygens (including phenoxy) is 1. The Morgan fingerprint density at radius 1 is 1.21 bits per heavy atom. The number of rotatable bonds is 6. The first-order valence-electron chi connectivity index (χ1n) is 12.0. The Bertz CT molecular complexity index is 1830. The summed E-state index contributed by atoms with van der Waals surface area (Å²) in [4.78, 5) is 42.3. The summed E-state index contributed by atoms with van der Waals surface area (Å²) in [5.41, 5.74) is 1.76. The second kappa shape index (κ2) is 10.3. The Labute approximate surface area is 225 Å². The Kier molecular flexibility index (Phi) is 6.83. The lowest BCUT2D eigenvalue weighted by molar-refractivity contribution is -0.385. The minimum atomic E-state index is -0.858. The van der Waals surface area contributed by atoms with Crippen molar-refractivity contribution in [1.82, 2.24) is 4.57 Å². The van der Waals surface area contributed by atoms with Crippen LogP contribution in [0.3, 0.4) is 0 Å². The van der Waals surface area contributed by atoms with E-state index in [2.05, 4.69) is 4.99 Å². The molecular formula is C28H22FN3O6S. The van der Waals surface area contributed by atoms with Crippen molar-refractivity contribution >= 4 is 29.1 Å². The maximum atomic E-state index is 13.7. The van der Waals surface area contributed by atoms with E-state index in [-0.39, 0.29) is 17.9 Å². The molecule has 2 aromatic heterocycles. The number of fused-ring (bicyclic) bond motifs is 1. The van der Waals surface area contributed by atoms with Crippen LogP contribution in [0, 0.1) is 22.9 Å². The molecule has 1 atom stereocenters. The lowest BCUT2D eigenvalue weighted by Gasteiger charge is -2.24. The zero-order valence-electron chi connectivity index (χ0n) is 21.1. The fraction of sp³-hybridized carbons (Fsp3) is 0.179. The zero-order valence-corrected chi connectivity index (χ0v) is 22.0. The normalized spacial score (nSPS) is 15.2. The van der Waals surface area contributed by atoms with E-state index < -0.39 is 28.3 Å². The van der Waals surface area contributed by atoms with E-state index in [1.165, 1.54) is 34.9 Å². The van der Waals surface area contributed by atoms with Crippen molar-refractivity contribution in [1.29, 1.82) is 0 Å². The SMILES string of the molecule is CCOC(=O)C1=C(C)N=c2sc(=Cc3ccc(-c4ccc(C)c([N+](=O)[O-])c4)o3)c(=O)n2[C@H]1c1ccc(F)cc1. The van der Waals surface area contributed by atoms with E-state index in [1.54, 1.807) is 51.1 Å². The first kappa shape index (κ1) is 26.0. The van der Waals surface area contributed by atoms with Gasteiger partial charge in [0.1, 0.15) is 17.3 Å². The molecule has 0 saturated carbocycles. The van der Waals surface area contributed by atoms with Gasteiger partial charge in [-0.1, -0.05) is 35.6 Å². The highest BCUT2D eigenvalue weighted by Gasteiger charge is 2.33. The monoisotopic (exact) mass is 547 g/mol. The number of aryl methyl sites for hydroxylation is 1. The van der Waals surface area contributed by atoms with Gasteiger partial charge in [-0.05, 0) is 50.6 Å². The van der Waals surface area contributed by atoms with Crippen molar-refractivity contribution in [2.45, 2.75) is 26.8 Å². The van der Waals surface area contributed by atoms with E-state index >= 15 is 0 Å². The highest BCUT2D eigenvalue weighted by molar-refractivity contribution is 7.07. The van der Waals surface area contributed by atoms with Crippen molar-refractivity contribution in [2.24, 2.45) is 4.99 Å². The molecule has 0 radical (unpaired) electrons. The lowest BCUT2D eigenvalue weighted by Crippen LogP contribution is -2.39. The maximum absolute atomic E-state index is 13.7. The van der Waals surface area contributed by atoms with Gasteiger partial charge in [-0.2, -0.15) is 0 Å². The summed E-state index contributed by atoms with van der Waals surface area (Å²) in [6.07, 6.45) is 1.56. The number of esters is 1. The van der Waals surface area contributed by atoms with Gasteiger partial charge in [0.25, 0.3) is 11.2 Å². The third-order valence-corrected chi connectivity index (χ3v) is 7.28. The Hall–Kier alpha value is -4.64. The first-order chi connectivity index (χ1) is 18.7.